The molecule has 0 fully saturated rings. The van der Waals surface area contributed by atoms with Crippen LogP contribution < -0.4 is 10.0 Å². The molecule has 0 aliphatic rings. The Morgan fingerprint density at radius 1 is 1.26 bits per heavy atom. The number of nitrogens with zero attached hydrogens (tertiary/aromatic N) is 1. The molecule has 0 saturated carbocycles. The average Bonchev–Trinajstić information content (AvgIpc) is 2.27. The maximum absolute atomic E-state index is 11.8. The third-order valence-corrected chi connectivity index (χ3v) is 3.91. The summed E-state index contributed by atoms with van der Waals surface area (Å²) in [5, 5.41) is 3.26. The Kier molecular flexibility index (Phi) is 6.24. The van der Waals surface area contributed by atoms with Crippen LogP contribution in [0, 0.1) is 6.92 Å². The van der Waals surface area contributed by atoms with Crippen LogP contribution in [0.15, 0.2) is 18.5 Å². The normalized spacial score (nSPS) is 11.8. The van der Waals surface area contributed by atoms with Crippen LogP contribution in [0.5, 0.6) is 0 Å². The van der Waals surface area contributed by atoms with Crippen LogP contribution in [0.1, 0.15) is 32.3 Å². The number of hydrogen-bond acceptors (Lipinski definition) is 4. The molecule has 0 aliphatic carbocycles. The Morgan fingerprint density at radius 2 is 2.00 bits per heavy atom. The minimum Gasteiger partial charge on any atom is -0.315 e. The van der Waals surface area contributed by atoms with Gasteiger partial charge in [-0.05, 0) is 37.9 Å². The number of anilines is 1. The minimum atomic E-state index is -3.27. The van der Waals surface area contributed by atoms with E-state index < -0.39 is 10.0 Å². The lowest BCUT2D eigenvalue weighted by molar-refractivity contribution is 0.561. The van der Waals surface area contributed by atoms with E-state index >= 15 is 0 Å². The maximum atomic E-state index is 11.8. The van der Waals surface area contributed by atoms with E-state index in [4.69, 9.17) is 0 Å². The number of sulfonamides is 1. The summed E-state index contributed by atoms with van der Waals surface area (Å²) in [4.78, 5) is 3.96. The number of pyridine rings is 1. The highest BCUT2D eigenvalue weighted by Crippen LogP contribution is 2.10. The fourth-order valence-electron chi connectivity index (χ4n) is 1.65. The number of unbranched alkanes of at least 4 members (excludes halogenated alkanes) is 1. The molecule has 108 valence electrons. The standard InChI is InChI=1S/C13H23N3O2S/c1-11(2)15-6-4-5-7-19(17,18)16-13-8-12(3)9-14-10-13/h8-11,15-16H,4-7H2,1-3H3. The summed E-state index contributed by atoms with van der Waals surface area (Å²) in [7, 11) is -3.27. The van der Waals surface area contributed by atoms with Gasteiger partial charge in [0.15, 0.2) is 0 Å². The van der Waals surface area contributed by atoms with Gasteiger partial charge in [0, 0.05) is 12.2 Å². The Hall–Kier alpha value is -1.14. The molecule has 0 bridgehead atoms. The van der Waals surface area contributed by atoms with Gasteiger partial charge in [-0.25, -0.2) is 8.42 Å². The van der Waals surface area contributed by atoms with Gasteiger partial charge in [-0.15, -0.1) is 0 Å². The quantitative estimate of drug-likeness (QED) is 0.716. The highest BCUT2D eigenvalue weighted by molar-refractivity contribution is 7.92. The molecule has 0 saturated heterocycles. The molecule has 0 amide bonds. The Bertz CT molecular complexity index is 486. The first-order valence-electron chi connectivity index (χ1n) is 6.54. The van der Waals surface area contributed by atoms with Crippen molar-refractivity contribution in [1.29, 1.82) is 0 Å². The van der Waals surface area contributed by atoms with Crippen LogP contribution in [-0.2, 0) is 10.0 Å². The van der Waals surface area contributed by atoms with E-state index in [1.54, 1.807) is 12.3 Å². The van der Waals surface area contributed by atoms with Crippen LogP contribution in [0.3, 0.4) is 0 Å². The molecular formula is C13H23N3O2S. The molecule has 0 aliphatic heterocycles. The number of hydrogen-bond donors (Lipinski definition) is 2. The molecular weight excluding hydrogens is 262 g/mol. The Labute approximate surface area is 115 Å². The fourth-order valence-corrected chi connectivity index (χ4v) is 2.81. The number of rotatable bonds is 8. The molecule has 1 aromatic heterocycles. The van der Waals surface area contributed by atoms with Crippen molar-refractivity contribution in [2.45, 2.75) is 39.7 Å². The minimum absolute atomic E-state index is 0.140. The zero-order valence-electron chi connectivity index (χ0n) is 11.8. The predicted molar refractivity (Wildman–Crippen MR) is 78.8 cm³/mol. The van der Waals surface area contributed by atoms with Crippen molar-refractivity contribution < 1.29 is 8.42 Å². The van der Waals surface area contributed by atoms with E-state index in [2.05, 4.69) is 28.9 Å². The van der Waals surface area contributed by atoms with Crippen LogP contribution in [-0.4, -0.2) is 31.7 Å². The van der Waals surface area contributed by atoms with Crippen molar-refractivity contribution >= 4 is 15.7 Å². The summed E-state index contributed by atoms with van der Waals surface area (Å²) in [5.74, 6) is 0.140. The van der Waals surface area contributed by atoms with Crippen molar-refractivity contribution in [2.75, 3.05) is 17.0 Å². The van der Waals surface area contributed by atoms with Gasteiger partial charge in [-0.1, -0.05) is 13.8 Å². The number of aromatic nitrogens is 1. The second-order valence-corrected chi connectivity index (χ2v) is 6.83. The van der Waals surface area contributed by atoms with Gasteiger partial charge in [-0.3, -0.25) is 9.71 Å². The lowest BCUT2D eigenvalue weighted by Crippen LogP contribution is -2.24. The fraction of sp³-hybridized carbons (Fsp3) is 0.615. The van der Waals surface area contributed by atoms with Gasteiger partial charge < -0.3 is 5.32 Å². The molecule has 0 aromatic carbocycles. The highest BCUT2D eigenvalue weighted by Gasteiger charge is 2.10. The lowest BCUT2D eigenvalue weighted by Gasteiger charge is -2.09. The van der Waals surface area contributed by atoms with E-state index in [1.165, 1.54) is 6.20 Å². The van der Waals surface area contributed by atoms with Crippen LogP contribution in [0.25, 0.3) is 0 Å². The summed E-state index contributed by atoms with van der Waals surface area (Å²) in [6.07, 6.45) is 4.71. The smallest absolute Gasteiger partial charge is 0.232 e. The maximum Gasteiger partial charge on any atom is 0.232 e. The molecule has 0 atom stereocenters. The molecule has 6 heteroatoms. The third-order valence-electron chi connectivity index (χ3n) is 2.54. The molecule has 5 nitrogen and oxygen atoms in total. The van der Waals surface area contributed by atoms with Crippen molar-refractivity contribution in [2.24, 2.45) is 0 Å². The van der Waals surface area contributed by atoms with Gasteiger partial charge in [0.05, 0.1) is 17.6 Å². The van der Waals surface area contributed by atoms with Gasteiger partial charge in [0.25, 0.3) is 0 Å². The van der Waals surface area contributed by atoms with Crippen LogP contribution >= 0.6 is 0 Å². The Balaban J connectivity index is 2.36. The third kappa shape index (κ3) is 7.12. The first kappa shape index (κ1) is 15.9. The summed E-state index contributed by atoms with van der Waals surface area (Å²) < 4.78 is 26.2. The van der Waals surface area contributed by atoms with Crippen LogP contribution in [0.4, 0.5) is 5.69 Å². The summed E-state index contributed by atoms with van der Waals surface area (Å²) in [5.41, 5.74) is 1.46. The SMILES string of the molecule is Cc1cncc(NS(=O)(=O)CCCCNC(C)C)c1. The molecule has 0 spiro atoms. The topological polar surface area (TPSA) is 71.1 Å². The lowest BCUT2D eigenvalue weighted by atomic mass is 10.3. The molecule has 1 aromatic rings. The van der Waals surface area contributed by atoms with Gasteiger partial charge in [-0.2, -0.15) is 0 Å². The molecule has 0 unspecified atom stereocenters. The zero-order valence-corrected chi connectivity index (χ0v) is 12.6. The zero-order chi connectivity index (χ0) is 14.3. The molecule has 19 heavy (non-hydrogen) atoms. The first-order valence-corrected chi connectivity index (χ1v) is 8.20. The molecule has 0 radical (unpaired) electrons. The van der Waals surface area contributed by atoms with Crippen molar-refractivity contribution in [3.8, 4) is 0 Å². The summed E-state index contributed by atoms with van der Waals surface area (Å²) in [6, 6.07) is 2.21. The average molecular weight is 285 g/mol. The molecule has 2 N–H and O–H groups in total. The number of aryl methyl sites for hydroxylation is 1. The van der Waals surface area contributed by atoms with Gasteiger partial charge in [0.1, 0.15) is 0 Å². The van der Waals surface area contributed by atoms with E-state index in [0.29, 0.717) is 18.2 Å². The van der Waals surface area contributed by atoms with E-state index in [1.807, 2.05) is 6.92 Å². The van der Waals surface area contributed by atoms with E-state index in [9.17, 15) is 8.42 Å². The second-order valence-electron chi connectivity index (χ2n) is 4.99. The van der Waals surface area contributed by atoms with Crippen molar-refractivity contribution in [3.05, 3.63) is 24.0 Å². The largest absolute Gasteiger partial charge is 0.315 e. The monoisotopic (exact) mass is 285 g/mol. The van der Waals surface area contributed by atoms with Gasteiger partial charge in [0.2, 0.25) is 10.0 Å². The summed E-state index contributed by atoms with van der Waals surface area (Å²) in [6.45, 7) is 6.87. The Morgan fingerprint density at radius 3 is 2.63 bits per heavy atom. The summed E-state index contributed by atoms with van der Waals surface area (Å²) >= 11 is 0. The van der Waals surface area contributed by atoms with E-state index in [0.717, 1.165) is 18.5 Å². The molecule has 1 heterocycles. The van der Waals surface area contributed by atoms with Gasteiger partial charge >= 0.3 is 0 Å². The van der Waals surface area contributed by atoms with E-state index in [-0.39, 0.29) is 5.75 Å². The van der Waals surface area contributed by atoms with Crippen LogP contribution in [0.2, 0.25) is 0 Å². The van der Waals surface area contributed by atoms with Crippen molar-refractivity contribution in [1.82, 2.24) is 10.3 Å². The molecule has 1 rings (SSSR count). The highest BCUT2D eigenvalue weighted by atomic mass is 32.2. The van der Waals surface area contributed by atoms with Crippen molar-refractivity contribution in [3.63, 3.8) is 0 Å². The number of nitrogens with one attached hydrogen (secondary N) is 2. The predicted octanol–water partition coefficient (Wildman–Crippen LogP) is 1.91. The second kappa shape index (κ2) is 7.45. The first-order chi connectivity index (χ1) is 8.89.